The standard InChI is InChI=1S/C23H14ClIN4O7/c1-35-21-10-13(8-14(12-26)23(30)27-16-4-2-15(24)3-5-16)9-18(25)22(21)36-20-7-6-17(28(31)32)11-19(20)29(33)34/h2-11H,1H3,(H,27,30)/b14-8+. The zero-order valence-electron chi connectivity index (χ0n) is 18.2. The molecular weight excluding hydrogens is 607 g/mol. The Balaban J connectivity index is 1.94. The zero-order chi connectivity index (χ0) is 26.4. The predicted molar refractivity (Wildman–Crippen MR) is 139 cm³/mol. The Morgan fingerprint density at radius 2 is 1.78 bits per heavy atom. The Bertz CT molecular complexity index is 1440. The zero-order valence-corrected chi connectivity index (χ0v) is 21.1. The van der Waals surface area contributed by atoms with E-state index in [1.807, 2.05) is 28.7 Å². The van der Waals surface area contributed by atoms with Crippen LogP contribution in [0.4, 0.5) is 17.1 Å². The van der Waals surface area contributed by atoms with Crippen LogP contribution in [-0.4, -0.2) is 22.9 Å². The number of carbonyl (C=O) groups excluding carboxylic acids is 1. The molecule has 182 valence electrons. The third-order valence-corrected chi connectivity index (χ3v) is 5.65. The Kier molecular flexibility index (Phi) is 8.41. The molecular formula is C23H14ClIN4O7. The van der Waals surface area contributed by atoms with Gasteiger partial charge in [-0.15, -0.1) is 0 Å². The van der Waals surface area contributed by atoms with Gasteiger partial charge in [0.1, 0.15) is 11.6 Å². The molecule has 1 N–H and O–H groups in total. The molecule has 3 rings (SSSR count). The fraction of sp³-hybridized carbons (Fsp3) is 0.0435. The van der Waals surface area contributed by atoms with Gasteiger partial charge in [0, 0.05) is 16.8 Å². The van der Waals surface area contributed by atoms with Gasteiger partial charge >= 0.3 is 5.69 Å². The molecule has 0 spiro atoms. The van der Waals surface area contributed by atoms with Crippen molar-refractivity contribution in [3.05, 3.63) is 94.6 Å². The molecule has 0 heterocycles. The minimum absolute atomic E-state index is 0.108. The number of hydrogen-bond donors (Lipinski definition) is 1. The topological polar surface area (TPSA) is 158 Å². The lowest BCUT2D eigenvalue weighted by molar-refractivity contribution is -0.394. The maximum absolute atomic E-state index is 12.6. The Morgan fingerprint density at radius 1 is 1.08 bits per heavy atom. The fourth-order valence-corrected chi connectivity index (χ4v) is 3.79. The third-order valence-electron chi connectivity index (χ3n) is 4.59. The summed E-state index contributed by atoms with van der Waals surface area (Å²) in [5.74, 6) is -0.617. The lowest BCUT2D eigenvalue weighted by atomic mass is 10.1. The Morgan fingerprint density at radius 3 is 2.36 bits per heavy atom. The van der Waals surface area contributed by atoms with Crippen LogP contribution in [-0.2, 0) is 4.79 Å². The number of amides is 1. The molecule has 3 aromatic carbocycles. The van der Waals surface area contributed by atoms with Crippen LogP contribution in [0.2, 0.25) is 5.02 Å². The maximum atomic E-state index is 12.6. The summed E-state index contributed by atoms with van der Waals surface area (Å²) in [6.45, 7) is 0. The molecule has 0 aliphatic carbocycles. The molecule has 11 nitrogen and oxygen atoms in total. The summed E-state index contributed by atoms with van der Waals surface area (Å²) in [4.78, 5) is 33.4. The number of nitrogens with zero attached hydrogens (tertiary/aromatic N) is 3. The van der Waals surface area contributed by atoms with Crippen LogP contribution < -0.4 is 14.8 Å². The monoisotopic (exact) mass is 620 g/mol. The first-order valence-corrected chi connectivity index (χ1v) is 11.3. The van der Waals surface area contributed by atoms with Gasteiger partial charge in [0.25, 0.3) is 11.6 Å². The Labute approximate surface area is 222 Å². The van der Waals surface area contributed by atoms with Crippen molar-refractivity contribution in [1.29, 1.82) is 5.26 Å². The summed E-state index contributed by atoms with van der Waals surface area (Å²) in [5, 5.41) is 35.0. The molecule has 0 aromatic heterocycles. The second kappa shape index (κ2) is 11.5. The summed E-state index contributed by atoms with van der Waals surface area (Å²) >= 11 is 7.73. The van der Waals surface area contributed by atoms with Crippen LogP contribution >= 0.6 is 34.2 Å². The van der Waals surface area contributed by atoms with Crippen molar-refractivity contribution in [1.82, 2.24) is 0 Å². The second-order valence-corrected chi connectivity index (χ2v) is 8.53. The molecule has 13 heteroatoms. The number of ether oxygens (including phenoxy) is 2. The van der Waals surface area contributed by atoms with E-state index in [-0.39, 0.29) is 22.8 Å². The lowest BCUT2D eigenvalue weighted by Crippen LogP contribution is -2.13. The van der Waals surface area contributed by atoms with E-state index in [2.05, 4.69) is 5.32 Å². The van der Waals surface area contributed by atoms with E-state index in [1.165, 1.54) is 19.3 Å². The number of benzene rings is 3. The summed E-state index contributed by atoms with van der Waals surface area (Å²) in [6, 6.07) is 14.2. The van der Waals surface area contributed by atoms with Crippen LogP contribution in [0.3, 0.4) is 0 Å². The van der Waals surface area contributed by atoms with Crippen molar-refractivity contribution in [3.63, 3.8) is 0 Å². The molecule has 0 radical (unpaired) electrons. The lowest BCUT2D eigenvalue weighted by Gasteiger charge is -2.13. The minimum atomic E-state index is -0.794. The SMILES string of the molecule is COc1cc(/C=C(\C#N)C(=O)Nc2ccc(Cl)cc2)cc(I)c1Oc1ccc([N+](=O)[O-])cc1[N+](=O)[O-]. The molecule has 0 atom stereocenters. The van der Waals surface area contributed by atoms with E-state index in [9.17, 15) is 30.3 Å². The number of halogens is 2. The van der Waals surface area contributed by atoms with E-state index in [0.29, 0.717) is 19.8 Å². The number of methoxy groups -OCH3 is 1. The first-order valence-electron chi connectivity index (χ1n) is 9.80. The van der Waals surface area contributed by atoms with Crippen molar-refractivity contribution >= 4 is 63.2 Å². The smallest absolute Gasteiger partial charge is 0.318 e. The van der Waals surface area contributed by atoms with Gasteiger partial charge in [0.2, 0.25) is 5.75 Å². The average Bonchev–Trinajstić information content (AvgIpc) is 2.85. The largest absolute Gasteiger partial charge is 0.493 e. The molecule has 36 heavy (non-hydrogen) atoms. The van der Waals surface area contributed by atoms with Crippen LogP contribution in [0.25, 0.3) is 6.08 Å². The quantitative estimate of drug-likeness (QED) is 0.104. The van der Waals surface area contributed by atoms with E-state index in [4.69, 9.17) is 21.1 Å². The number of anilines is 1. The molecule has 0 aliphatic rings. The fourth-order valence-electron chi connectivity index (χ4n) is 2.93. The van der Waals surface area contributed by atoms with Crippen LogP contribution in [0, 0.1) is 35.1 Å². The molecule has 1 amide bonds. The average molecular weight is 621 g/mol. The number of non-ortho nitro benzene ring substituents is 1. The molecule has 0 saturated carbocycles. The maximum Gasteiger partial charge on any atom is 0.318 e. The number of nitro benzene ring substituents is 2. The Hall–Kier alpha value is -4.22. The molecule has 0 saturated heterocycles. The van der Waals surface area contributed by atoms with E-state index >= 15 is 0 Å². The highest BCUT2D eigenvalue weighted by atomic mass is 127. The molecule has 0 unspecified atom stereocenters. The van der Waals surface area contributed by atoms with E-state index in [1.54, 1.807) is 30.3 Å². The normalized spacial score (nSPS) is 10.8. The van der Waals surface area contributed by atoms with Gasteiger partial charge in [-0.3, -0.25) is 25.0 Å². The summed E-state index contributed by atoms with van der Waals surface area (Å²) in [5.41, 5.74) is -0.382. The van der Waals surface area contributed by atoms with Crippen LogP contribution in [0.5, 0.6) is 17.2 Å². The number of carbonyl (C=O) groups is 1. The summed E-state index contributed by atoms with van der Waals surface area (Å²) in [7, 11) is 1.34. The summed E-state index contributed by atoms with van der Waals surface area (Å²) in [6.07, 6.45) is 1.34. The first kappa shape index (κ1) is 26.4. The van der Waals surface area contributed by atoms with Gasteiger partial charge in [0.05, 0.1) is 26.6 Å². The predicted octanol–water partition coefficient (Wildman–Crippen LogP) is 6.11. The number of hydrogen-bond acceptors (Lipinski definition) is 8. The number of nitriles is 1. The van der Waals surface area contributed by atoms with Crippen molar-refractivity contribution in [2.45, 2.75) is 0 Å². The third kappa shape index (κ3) is 6.26. The van der Waals surface area contributed by atoms with Gasteiger partial charge in [0.15, 0.2) is 11.5 Å². The highest BCUT2D eigenvalue weighted by Gasteiger charge is 2.23. The van der Waals surface area contributed by atoms with Crippen molar-refractivity contribution < 1.29 is 24.1 Å². The highest BCUT2D eigenvalue weighted by molar-refractivity contribution is 14.1. The first-order chi connectivity index (χ1) is 17.1. The molecule has 0 fully saturated rings. The van der Waals surface area contributed by atoms with Crippen molar-refractivity contribution in [2.24, 2.45) is 0 Å². The second-order valence-electron chi connectivity index (χ2n) is 6.93. The molecule has 0 bridgehead atoms. The number of nitro groups is 2. The molecule has 0 aliphatic heterocycles. The summed E-state index contributed by atoms with van der Waals surface area (Å²) < 4.78 is 11.5. The van der Waals surface area contributed by atoms with Crippen molar-refractivity contribution in [2.75, 3.05) is 12.4 Å². The van der Waals surface area contributed by atoms with E-state index in [0.717, 1.165) is 18.2 Å². The van der Waals surface area contributed by atoms with Gasteiger partial charge in [-0.25, -0.2) is 0 Å². The van der Waals surface area contributed by atoms with Gasteiger partial charge in [-0.05, 0) is 76.7 Å². The minimum Gasteiger partial charge on any atom is -0.493 e. The van der Waals surface area contributed by atoms with Crippen LogP contribution in [0.15, 0.2) is 60.2 Å². The van der Waals surface area contributed by atoms with Gasteiger partial charge in [-0.2, -0.15) is 5.26 Å². The van der Waals surface area contributed by atoms with Crippen LogP contribution in [0.1, 0.15) is 5.56 Å². The van der Waals surface area contributed by atoms with Gasteiger partial charge < -0.3 is 14.8 Å². The number of rotatable bonds is 8. The number of nitrogens with one attached hydrogen (secondary N) is 1. The van der Waals surface area contributed by atoms with Crippen molar-refractivity contribution in [3.8, 4) is 23.3 Å². The highest BCUT2D eigenvalue weighted by Crippen LogP contribution is 2.41. The van der Waals surface area contributed by atoms with Gasteiger partial charge in [-0.1, -0.05) is 11.6 Å². The van der Waals surface area contributed by atoms with E-state index < -0.39 is 27.1 Å². The molecule has 3 aromatic rings.